The van der Waals surface area contributed by atoms with Crippen molar-refractivity contribution in [3.8, 4) is 0 Å². The third kappa shape index (κ3) is 1.78. The van der Waals surface area contributed by atoms with E-state index in [1.54, 1.807) is 0 Å². The molecule has 0 aliphatic carbocycles. The van der Waals surface area contributed by atoms with Gasteiger partial charge in [0.25, 0.3) is 0 Å². The molecule has 2 heterocycles. The van der Waals surface area contributed by atoms with Crippen molar-refractivity contribution in [3.05, 3.63) is 0 Å². The van der Waals surface area contributed by atoms with Crippen LogP contribution in [-0.2, 0) is 0 Å². The number of anilines is 2. The van der Waals surface area contributed by atoms with Crippen molar-refractivity contribution in [2.75, 3.05) is 23.7 Å². The van der Waals surface area contributed by atoms with Crippen LogP contribution in [0.5, 0.6) is 0 Å². The van der Waals surface area contributed by atoms with Gasteiger partial charge < -0.3 is 10.6 Å². The molecule has 1 saturated heterocycles. The van der Waals surface area contributed by atoms with Crippen molar-refractivity contribution in [1.82, 2.24) is 15.2 Å². The van der Waals surface area contributed by atoms with E-state index in [4.69, 9.17) is 5.73 Å². The van der Waals surface area contributed by atoms with Crippen LogP contribution in [-0.4, -0.2) is 28.3 Å². The third-order valence-electron chi connectivity index (χ3n) is 3.71. The average molecular weight is 209 g/mol. The summed E-state index contributed by atoms with van der Waals surface area (Å²) in [6.07, 6.45) is 3.67. The van der Waals surface area contributed by atoms with Gasteiger partial charge in [-0.05, 0) is 24.7 Å². The van der Waals surface area contributed by atoms with Gasteiger partial charge in [0.2, 0.25) is 11.9 Å². The van der Waals surface area contributed by atoms with Crippen LogP contribution in [0.3, 0.4) is 0 Å². The number of aromatic nitrogens is 3. The molecule has 0 saturated carbocycles. The Bertz CT molecular complexity index is 328. The zero-order chi connectivity index (χ0) is 10.9. The SMILES string of the molecule is CCC1(CC)CCN(c2n[nH]c(N)n2)C1. The minimum Gasteiger partial charge on any atom is -0.368 e. The fourth-order valence-electron chi connectivity index (χ4n) is 2.34. The average Bonchev–Trinajstić information content (AvgIpc) is 2.84. The lowest BCUT2D eigenvalue weighted by molar-refractivity contribution is 0.301. The molecule has 0 radical (unpaired) electrons. The Balaban J connectivity index is 2.09. The maximum Gasteiger partial charge on any atom is 0.246 e. The van der Waals surface area contributed by atoms with Crippen molar-refractivity contribution in [1.29, 1.82) is 0 Å². The van der Waals surface area contributed by atoms with Crippen molar-refractivity contribution >= 4 is 11.9 Å². The van der Waals surface area contributed by atoms with E-state index in [1.165, 1.54) is 19.3 Å². The lowest BCUT2D eigenvalue weighted by Crippen LogP contribution is -2.26. The standard InChI is InChI=1S/C10H19N5/c1-3-10(4-2)5-6-15(7-10)9-12-8(11)13-14-9/h3-7H2,1-2H3,(H3,11,12,13,14). The zero-order valence-electron chi connectivity index (χ0n) is 9.45. The van der Waals surface area contributed by atoms with Crippen LogP contribution in [0.15, 0.2) is 0 Å². The summed E-state index contributed by atoms with van der Waals surface area (Å²) in [6, 6.07) is 0. The molecule has 2 rings (SSSR count). The number of nitrogens with zero attached hydrogens (tertiary/aromatic N) is 3. The first kappa shape index (κ1) is 10.3. The highest BCUT2D eigenvalue weighted by molar-refractivity contribution is 5.35. The van der Waals surface area contributed by atoms with E-state index in [0.717, 1.165) is 19.0 Å². The molecule has 15 heavy (non-hydrogen) atoms. The van der Waals surface area contributed by atoms with Crippen molar-refractivity contribution in [3.63, 3.8) is 0 Å². The topological polar surface area (TPSA) is 70.8 Å². The molecule has 5 nitrogen and oxygen atoms in total. The van der Waals surface area contributed by atoms with Gasteiger partial charge in [-0.3, -0.25) is 0 Å². The van der Waals surface area contributed by atoms with Gasteiger partial charge in [-0.25, -0.2) is 5.10 Å². The number of H-pyrrole nitrogens is 1. The molecular formula is C10H19N5. The maximum atomic E-state index is 5.52. The zero-order valence-corrected chi connectivity index (χ0v) is 9.45. The molecule has 0 amide bonds. The molecule has 0 atom stereocenters. The van der Waals surface area contributed by atoms with E-state index >= 15 is 0 Å². The second kappa shape index (κ2) is 3.72. The number of aromatic amines is 1. The number of nitrogen functional groups attached to an aromatic ring is 1. The predicted molar refractivity (Wildman–Crippen MR) is 60.6 cm³/mol. The summed E-state index contributed by atoms with van der Waals surface area (Å²) in [4.78, 5) is 6.39. The van der Waals surface area contributed by atoms with Crippen LogP contribution >= 0.6 is 0 Å². The minimum atomic E-state index is 0.399. The minimum absolute atomic E-state index is 0.399. The molecule has 0 spiro atoms. The summed E-state index contributed by atoms with van der Waals surface area (Å²) in [6.45, 7) is 6.62. The molecule has 1 aromatic rings. The third-order valence-corrected chi connectivity index (χ3v) is 3.71. The van der Waals surface area contributed by atoms with E-state index in [1.807, 2.05) is 0 Å². The Morgan fingerprint density at radius 1 is 1.47 bits per heavy atom. The lowest BCUT2D eigenvalue weighted by atomic mass is 9.82. The van der Waals surface area contributed by atoms with E-state index in [0.29, 0.717) is 11.4 Å². The molecule has 84 valence electrons. The highest BCUT2D eigenvalue weighted by atomic mass is 15.4. The summed E-state index contributed by atoms with van der Waals surface area (Å²) >= 11 is 0. The summed E-state index contributed by atoms with van der Waals surface area (Å²) in [5.41, 5.74) is 5.98. The summed E-state index contributed by atoms with van der Waals surface area (Å²) in [5, 5.41) is 6.78. The Labute approximate surface area is 90.1 Å². The number of hydrogen-bond donors (Lipinski definition) is 2. The molecule has 1 aliphatic rings. The summed E-state index contributed by atoms with van der Waals surface area (Å²) in [5.74, 6) is 1.15. The van der Waals surface area contributed by atoms with Crippen LogP contribution in [0.25, 0.3) is 0 Å². The largest absolute Gasteiger partial charge is 0.368 e. The van der Waals surface area contributed by atoms with Gasteiger partial charge in [0.05, 0.1) is 0 Å². The van der Waals surface area contributed by atoms with Crippen LogP contribution in [0.2, 0.25) is 0 Å². The van der Waals surface area contributed by atoms with Crippen LogP contribution in [0.4, 0.5) is 11.9 Å². The number of hydrogen-bond acceptors (Lipinski definition) is 4. The first-order valence-electron chi connectivity index (χ1n) is 5.62. The summed E-state index contributed by atoms with van der Waals surface area (Å²) < 4.78 is 0. The second-order valence-electron chi connectivity index (χ2n) is 4.40. The van der Waals surface area contributed by atoms with Gasteiger partial charge in [0.15, 0.2) is 0 Å². The monoisotopic (exact) mass is 209 g/mol. The number of rotatable bonds is 3. The van der Waals surface area contributed by atoms with E-state index in [-0.39, 0.29) is 0 Å². The predicted octanol–water partition coefficient (Wildman–Crippen LogP) is 1.40. The van der Waals surface area contributed by atoms with Gasteiger partial charge in [0, 0.05) is 13.1 Å². The number of nitrogens with one attached hydrogen (secondary N) is 1. The smallest absolute Gasteiger partial charge is 0.246 e. The van der Waals surface area contributed by atoms with Gasteiger partial charge in [-0.2, -0.15) is 4.98 Å². The quantitative estimate of drug-likeness (QED) is 0.789. The van der Waals surface area contributed by atoms with Crippen molar-refractivity contribution < 1.29 is 0 Å². The lowest BCUT2D eigenvalue weighted by Gasteiger charge is -2.25. The van der Waals surface area contributed by atoms with Crippen LogP contribution in [0, 0.1) is 5.41 Å². The van der Waals surface area contributed by atoms with Crippen molar-refractivity contribution in [2.24, 2.45) is 5.41 Å². The van der Waals surface area contributed by atoms with E-state index in [9.17, 15) is 0 Å². The van der Waals surface area contributed by atoms with Crippen molar-refractivity contribution in [2.45, 2.75) is 33.1 Å². The second-order valence-corrected chi connectivity index (χ2v) is 4.40. The first-order chi connectivity index (χ1) is 7.19. The van der Waals surface area contributed by atoms with Gasteiger partial charge in [0.1, 0.15) is 0 Å². The fraction of sp³-hybridized carbons (Fsp3) is 0.800. The molecule has 1 fully saturated rings. The van der Waals surface area contributed by atoms with Gasteiger partial charge >= 0.3 is 0 Å². The Morgan fingerprint density at radius 2 is 2.20 bits per heavy atom. The Hall–Kier alpha value is -1.26. The molecule has 1 aromatic heterocycles. The molecule has 0 unspecified atom stereocenters. The fourth-order valence-corrected chi connectivity index (χ4v) is 2.34. The Kier molecular flexibility index (Phi) is 2.54. The van der Waals surface area contributed by atoms with Gasteiger partial charge in [-0.1, -0.05) is 13.8 Å². The first-order valence-corrected chi connectivity index (χ1v) is 5.62. The normalized spacial score (nSPS) is 19.7. The molecular weight excluding hydrogens is 190 g/mol. The molecule has 0 aromatic carbocycles. The molecule has 0 bridgehead atoms. The number of nitrogens with two attached hydrogens (primary N) is 1. The summed E-state index contributed by atoms with van der Waals surface area (Å²) in [7, 11) is 0. The van der Waals surface area contributed by atoms with Gasteiger partial charge in [-0.15, -0.1) is 5.10 Å². The molecule has 1 aliphatic heterocycles. The molecule has 3 N–H and O–H groups in total. The van der Waals surface area contributed by atoms with Crippen LogP contribution < -0.4 is 10.6 Å². The van der Waals surface area contributed by atoms with E-state index < -0.39 is 0 Å². The highest BCUT2D eigenvalue weighted by Gasteiger charge is 2.36. The highest BCUT2D eigenvalue weighted by Crippen LogP contribution is 2.38. The Morgan fingerprint density at radius 3 is 2.67 bits per heavy atom. The maximum absolute atomic E-state index is 5.52. The van der Waals surface area contributed by atoms with Crippen LogP contribution in [0.1, 0.15) is 33.1 Å². The van der Waals surface area contributed by atoms with E-state index in [2.05, 4.69) is 33.9 Å². The molecule has 5 heteroatoms.